The minimum Gasteiger partial charge on any atom is -0.502 e. The number of aromatic hydroxyl groups is 1. The zero-order valence-electron chi connectivity index (χ0n) is 20.0. The molecule has 0 bridgehead atoms. The van der Waals surface area contributed by atoms with Crippen molar-refractivity contribution in [2.45, 2.75) is 23.8 Å². The predicted octanol–water partition coefficient (Wildman–Crippen LogP) is 4.44. The van der Waals surface area contributed by atoms with Crippen LogP contribution in [0.25, 0.3) is 0 Å². The Kier molecular flexibility index (Phi) is 7.46. The Labute approximate surface area is 216 Å². The van der Waals surface area contributed by atoms with Crippen LogP contribution in [0.2, 0.25) is 5.02 Å². The molecule has 1 aliphatic rings. The van der Waals surface area contributed by atoms with E-state index in [9.17, 15) is 14.7 Å². The van der Waals surface area contributed by atoms with Gasteiger partial charge in [-0.15, -0.1) is 0 Å². The quantitative estimate of drug-likeness (QED) is 0.231. The predicted molar refractivity (Wildman–Crippen MR) is 137 cm³/mol. The van der Waals surface area contributed by atoms with Crippen LogP contribution in [0.3, 0.4) is 0 Å². The van der Waals surface area contributed by atoms with Crippen LogP contribution >= 0.6 is 23.4 Å². The molecule has 1 aliphatic heterocycles. The first-order chi connectivity index (χ1) is 17.3. The number of H-pyrrole nitrogens is 1. The summed E-state index contributed by atoms with van der Waals surface area (Å²) in [6.07, 6.45) is 0. The van der Waals surface area contributed by atoms with E-state index in [0.29, 0.717) is 33.0 Å². The largest absolute Gasteiger partial charge is 0.502 e. The van der Waals surface area contributed by atoms with Crippen molar-refractivity contribution in [1.82, 2.24) is 9.97 Å². The molecule has 1 atom stereocenters. The van der Waals surface area contributed by atoms with Gasteiger partial charge in [0.25, 0.3) is 5.56 Å². The number of phenols is 1. The number of aromatic nitrogens is 2. The molecule has 2 aromatic carbocycles. The number of phenolic OH excluding ortho intramolecular Hbond substituents is 1. The Morgan fingerprint density at radius 1 is 1.17 bits per heavy atom. The van der Waals surface area contributed by atoms with Gasteiger partial charge >= 0.3 is 5.97 Å². The van der Waals surface area contributed by atoms with Crippen LogP contribution in [0.5, 0.6) is 17.2 Å². The number of halogens is 1. The molecule has 3 aromatic rings. The number of allylic oxidation sites excluding steroid dienone is 1. The SMILES string of the molecule is COC(=O)C1=C(C)Nc2nc(SCc3ccccc3Cl)[nH]c(=O)c2C1c1cc(OC)c(O)c(OC)c1. The number of nitrogens with one attached hydrogen (secondary N) is 2. The lowest BCUT2D eigenvalue weighted by molar-refractivity contribution is -0.136. The number of carbonyl (C=O) groups is 1. The standard InChI is InChI=1S/C25H24ClN3O6S/c1-12-18(24(32)35-4)19(14-9-16(33-2)21(30)17(10-14)34-3)20-22(27-12)28-25(29-23(20)31)36-11-13-7-5-6-8-15(13)26/h5-10,19,30H,11H2,1-4H3,(H2,27,28,29,31). The highest BCUT2D eigenvalue weighted by Crippen LogP contribution is 2.45. The second kappa shape index (κ2) is 10.5. The van der Waals surface area contributed by atoms with Gasteiger partial charge in [-0.1, -0.05) is 41.6 Å². The first kappa shape index (κ1) is 25.5. The van der Waals surface area contributed by atoms with Crippen molar-refractivity contribution in [3.63, 3.8) is 0 Å². The van der Waals surface area contributed by atoms with Gasteiger partial charge in [0.15, 0.2) is 16.7 Å². The molecule has 1 unspecified atom stereocenters. The summed E-state index contributed by atoms with van der Waals surface area (Å²) in [6.45, 7) is 1.70. The molecule has 36 heavy (non-hydrogen) atoms. The minimum absolute atomic E-state index is 0.127. The van der Waals surface area contributed by atoms with Gasteiger partial charge in [0.2, 0.25) is 5.75 Å². The molecule has 0 saturated carbocycles. The van der Waals surface area contributed by atoms with E-state index in [1.54, 1.807) is 25.1 Å². The van der Waals surface area contributed by atoms with E-state index in [0.717, 1.165) is 5.56 Å². The van der Waals surface area contributed by atoms with Crippen LogP contribution in [-0.4, -0.2) is 42.4 Å². The second-order valence-electron chi connectivity index (χ2n) is 7.88. The molecule has 0 amide bonds. The summed E-state index contributed by atoms with van der Waals surface area (Å²) in [7, 11) is 4.06. The van der Waals surface area contributed by atoms with Gasteiger partial charge < -0.3 is 29.6 Å². The van der Waals surface area contributed by atoms with Crippen molar-refractivity contribution < 1.29 is 24.1 Å². The van der Waals surface area contributed by atoms with E-state index in [1.165, 1.54) is 33.1 Å². The average molecular weight is 530 g/mol. The van der Waals surface area contributed by atoms with Crippen LogP contribution in [0.15, 0.2) is 57.6 Å². The van der Waals surface area contributed by atoms with Crippen molar-refractivity contribution in [3.8, 4) is 17.2 Å². The highest BCUT2D eigenvalue weighted by atomic mass is 35.5. The third kappa shape index (κ3) is 4.74. The summed E-state index contributed by atoms with van der Waals surface area (Å²) in [5.74, 6) is -0.614. The number of hydrogen-bond acceptors (Lipinski definition) is 9. The molecule has 0 radical (unpaired) electrons. The summed E-state index contributed by atoms with van der Waals surface area (Å²) >= 11 is 7.58. The number of thioether (sulfide) groups is 1. The van der Waals surface area contributed by atoms with Gasteiger partial charge in [-0.3, -0.25) is 4.79 Å². The molecular formula is C25H24ClN3O6S. The van der Waals surface area contributed by atoms with Crippen LogP contribution in [0.1, 0.15) is 29.5 Å². The fourth-order valence-electron chi connectivity index (χ4n) is 4.06. The van der Waals surface area contributed by atoms with Crippen molar-refractivity contribution >= 4 is 35.1 Å². The average Bonchev–Trinajstić information content (AvgIpc) is 2.87. The molecule has 11 heteroatoms. The van der Waals surface area contributed by atoms with Gasteiger partial charge in [-0.2, -0.15) is 0 Å². The third-order valence-electron chi connectivity index (χ3n) is 5.78. The normalized spacial score (nSPS) is 14.6. The number of nitrogens with zero attached hydrogens (tertiary/aromatic N) is 1. The van der Waals surface area contributed by atoms with Crippen molar-refractivity contribution in [1.29, 1.82) is 0 Å². The topological polar surface area (TPSA) is 123 Å². The maximum absolute atomic E-state index is 13.4. The fourth-order valence-corrected chi connectivity index (χ4v) is 5.20. The van der Waals surface area contributed by atoms with Gasteiger partial charge in [0.05, 0.1) is 38.4 Å². The minimum atomic E-state index is -0.865. The molecule has 0 fully saturated rings. The molecule has 4 rings (SSSR count). The van der Waals surface area contributed by atoms with Gasteiger partial charge in [-0.25, -0.2) is 9.78 Å². The summed E-state index contributed by atoms with van der Waals surface area (Å²) in [4.78, 5) is 33.7. The highest BCUT2D eigenvalue weighted by molar-refractivity contribution is 7.98. The van der Waals surface area contributed by atoms with E-state index in [2.05, 4.69) is 15.3 Å². The number of hydrogen-bond donors (Lipinski definition) is 3. The summed E-state index contributed by atoms with van der Waals surface area (Å²) in [5.41, 5.74) is 1.88. The lowest BCUT2D eigenvalue weighted by atomic mass is 9.82. The number of fused-ring (bicyclic) bond motifs is 1. The Hall–Kier alpha value is -3.63. The number of methoxy groups -OCH3 is 3. The van der Waals surface area contributed by atoms with Crippen molar-refractivity contribution in [2.75, 3.05) is 26.6 Å². The molecule has 188 valence electrons. The number of esters is 1. The number of anilines is 1. The summed E-state index contributed by atoms with van der Waals surface area (Å²) in [5, 5.41) is 14.5. The Morgan fingerprint density at radius 3 is 2.44 bits per heavy atom. The van der Waals surface area contributed by atoms with Gasteiger partial charge in [-0.05, 0) is 36.2 Å². The van der Waals surface area contributed by atoms with E-state index in [-0.39, 0.29) is 28.4 Å². The number of carbonyl (C=O) groups excluding carboxylic acids is 1. The third-order valence-corrected chi connectivity index (χ3v) is 7.07. The summed E-state index contributed by atoms with van der Waals surface area (Å²) in [6, 6.07) is 10.5. The number of benzene rings is 2. The molecule has 0 aliphatic carbocycles. The van der Waals surface area contributed by atoms with E-state index in [4.69, 9.17) is 25.8 Å². The van der Waals surface area contributed by atoms with Crippen LogP contribution < -0.4 is 20.3 Å². The van der Waals surface area contributed by atoms with E-state index >= 15 is 0 Å². The summed E-state index contributed by atoms with van der Waals surface area (Å²) < 4.78 is 15.6. The van der Waals surface area contributed by atoms with E-state index in [1.807, 2.05) is 18.2 Å². The van der Waals surface area contributed by atoms with Crippen molar-refractivity contribution in [3.05, 3.63) is 79.7 Å². The first-order valence-electron chi connectivity index (χ1n) is 10.8. The van der Waals surface area contributed by atoms with Crippen LogP contribution in [-0.2, 0) is 15.3 Å². The number of rotatable bonds is 7. The Bertz CT molecular complexity index is 1400. The van der Waals surface area contributed by atoms with Crippen LogP contribution in [0, 0.1) is 0 Å². The lowest BCUT2D eigenvalue weighted by Crippen LogP contribution is -2.31. The number of ether oxygens (including phenoxy) is 3. The molecule has 1 aromatic heterocycles. The molecule has 0 spiro atoms. The van der Waals surface area contributed by atoms with E-state index < -0.39 is 17.4 Å². The monoisotopic (exact) mass is 529 g/mol. The van der Waals surface area contributed by atoms with Crippen LogP contribution in [0.4, 0.5) is 5.82 Å². The zero-order chi connectivity index (χ0) is 26.0. The maximum atomic E-state index is 13.4. The first-order valence-corrected chi connectivity index (χ1v) is 12.2. The second-order valence-corrected chi connectivity index (χ2v) is 9.25. The highest BCUT2D eigenvalue weighted by Gasteiger charge is 2.37. The molecule has 9 nitrogen and oxygen atoms in total. The Balaban J connectivity index is 1.84. The number of aromatic amines is 1. The molecule has 3 N–H and O–H groups in total. The zero-order valence-corrected chi connectivity index (χ0v) is 21.5. The fraction of sp³-hybridized carbons (Fsp3) is 0.240. The maximum Gasteiger partial charge on any atom is 0.336 e. The molecule has 2 heterocycles. The Morgan fingerprint density at radius 2 is 1.83 bits per heavy atom. The molecule has 0 saturated heterocycles. The molecular weight excluding hydrogens is 506 g/mol. The van der Waals surface area contributed by atoms with Gasteiger partial charge in [0.1, 0.15) is 5.82 Å². The lowest BCUT2D eigenvalue weighted by Gasteiger charge is -2.29. The van der Waals surface area contributed by atoms with Crippen molar-refractivity contribution in [2.24, 2.45) is 0 Å². The van der Waals surface area contributed by atoms with Gasteiger partial charge in [0, 0.05) is 16.5 Å². The smallest absolute Gasteiger partial charge is 0.336 e.